The van der Waals surface area contributed by atoms with Crippen LogP contribution in [0.2, 0.25) is 0 Å². The molecule has 0 amide bonds. The quantitative estimate of drug-likeness (QED) is 0.694. The molecule has 0 saturated heterocycles. The van der Waals surface area contributed by atoms with E-state index < -0.39 is 28.8 Å². The Morgan fingerprint density at radius 1 is 1.07 bits per heavy atom. The standard InChI is InChI=1S/C18H13F3N2O3.ClH/c1-22-12-4-6-13(7-5-12)23-15-9-11(18(19,20)21)3-2-10(15)8-14(16(23)24)17(25)26;/h2-9,22H,1H3,(H,25,26);1H. The molecule has 0 saturated carbocycles. The van der Waals surface area contributed by atoms with Crippen LogP contribution in [-0.2, 0) is 6.18 Å². The predicted molar refractivity (Wildman–Crippen MR) is 98.3 cm³/mol. The molecule has 0 bridgehead atoms. The number of fused-ring (bicyclic) bond motifs is 1. The van der Waals surface area contributed by atoms with E-state index in [0.717, 1.165) is 34.5 Å². The lowest BCUT2D eigenvalue weighted by Crippen LogP contribution is -2.25. The summed E-state index contributed by atoms with van der Waals surface area (Å²) < 4.78 is 40.2. The number of aromatic nitrogens is 1. The van der Waals surface area contributed by atoms with E-state index in [0.29, 0.717) is 0 Å². The number of nitrogens with zero attached hydrogens (tertiary/aromatic N) is 1. The molecule has 0 aliphatic heterocycles. The molecular weight excluding hydrogens is 385 g/mol. The monoisotopic (exact) mass is 398 g/mol. The van der Waals surface area contributed by atoms with Gasteiger partial charge in [-0.05, 0) is 47.9 Å². The van der Waals surface area contributed by atoms with Crippen LogP contribution in [0.5, 0.6) is 0 Å². The van der Waals surface area contributed by atoms with E-state index in [1.165, 1.54) is 12.1 Å². The van der Waals surface area contributed by atoms with Crippen molar-refractivity contribution in [3.63, 3.8) is 0 Å². The summed E-state index contributed by atoms with van der Waals surface area (Å²) in [6.07, 6.45) is -4.59. The number of aromatic carboxylic acids is 1. The van der Waals surface area contributed by atoms with Crippen LogP contribution >= 0.6 is 12.4 Å². The molecule has 0 unspecified atom stereocenters. The third-order valence-electron chi connectivity index (χ3n) is 3.98. The second-order valence-electron chi connectivity index (χ2n) is 5.57. The molecule has 27 heavy (non-hydrogen) atoms. The van der Waals surface area contributed by atoms with Gasteiger partial charge in [0.1, 0.15) is 5.56 Å². The van der Waals surface area contributed by atoms with Gasteiger partial charge in [-0.25, -0.2) is 4.79 Å². The first-order valence-corrected chi connectivity index (χ1v) is 7.51. The summed E-state index contributed by atoms with van der Waals surface area (Å²) in [6.45, 7) is 0. The zero-order chi connectivity index (χ0) is 19.1. The number of halogens is 4. The van der Waals surface area contributed by atoms with Crippen LogP contribution < -0.4 is 10.9 Å². The number of rotatable bonds is 3. The van der Waals surface area contributed by atoms with Crippen molar-refractivity contribution in [2.24, 2.45) is 0 Å². The molecule has 9 heteroatoms. The van der Waals surface area contributed by atoms with Crippen LogP contribution in [0.4, 0.5) is 18.9 Å². The maximum Gasteiger partial charge on any atom is 0.416 e. The summed E-state index contributed by atoms with van der Waals surface area (Å²) >= 11 is 0. The fourth-order valence-corrected chi connectivity index (χ4v) is 2.67. The molecule has 3 aromatic rings. The van der Waals surface area contributed by atoms with Crippen molar-refractivity contribution in [3.8, 4) is 5.69 Å². The van der Waals surface area contributed by atoms with Gasteiger partial charge in [-0.2, -0.15) is 13.2 Å². The number of anilines is 1. The highest BCUT2D eigenvalue weighted by molar-refractivity contribution is 5.93. The van der Waals surface area contributed by atoms with Crippen molar-refractivity contribution in [2.45, 2.75) is 6.18 Å². The molecule has 0 radical (unpaired) electrons. The largest absolute Gasteiger partial charge is 0.477 e. The first kappa shape index (κ1) is 20.3. The van der Waals surface area contributed by atoms with Gasteiger partial charge in [0, 0.05) is 18.4 Å². The average Bonchev–Trinajstić information content (AvgIpc) is 2.60. The maximum atomic E-state index is 13.1. The Labute approximate surface area is 157 Å². The Morgan fingerprint density at radius 3 is 2.22 bits per heavy atom. The fourth-order valence-electron chi connectivity index (χ4n) is 2.67. The van der Waals surface area contributed by atoms with E-state index in [4.69, 9.17) is 0 Å². The van der Waals surface area contributed by atoms with Crippen LogP contribution in [0.1, 0.15) is 15.9 Å². The lowest BCUT2D eigenvalue weighted by atomic mass is 10.1. The summed E-state index contributed by atoms with van der Waals surface area (Å²) in [5.41, 5.74) is -1.37. The molecule has 0 atom stereocenters. The number of hydrogen-bond acceptors (Lipinski definition) is 3. The Morgan fingerprint density at radius 2 is 1.70 bits per heavy atom. The van der Waals surface area contributed by atoms with Crippen LogP contribution in [-0.4, -0.2) is 22.7 Å². The van der Waals surface area contributed by atoms with Crippen molar-refractivity contribution in [1.82, 2.24) is 4.57 Å². The second kappa shape index (κ2) is 7.32. The number of hydrogen-bond donors (Lipinski definition) is 2. The Balaban J connectivity index is 0.00000261. The average molecular weight is 399 g/mol. The van der Waals surface area contributed by atoms with E-state index in [1.54, 1.807) is 19.2 Å². The van der Waals surface area contributed by atoms with Crippen molar-refractivity contribution in [3.05, 3.63) is 70.0 Å². The SMILES string of the molecule is CNc1ccc(-n2c(=O)c(C(=O)O)cc3ccc(C(F)(F)F)cc32)cc1.Cl. The van der Waals surface area contributed by atoms with E-state index in [1.807, 2.05) is 0 Å². The Hall–Kier alpha value is -3.00. The Bertz CT molecular complexity index is 1060. The highest BCUT2D eigenvalue weighted by Crippen LogP contribution is 2.32. The molecule has 2 aromatic carbocycles. The molecule has 0 fully saturated rings. The highest BCUT2D eigenvalue weighted by Gasteiger charge is 2.31. The van der Waals surface area contributed by atoms with Crippen LogP contribution in [0, 0.1) is 0 Å². The van der Waals surface area contributed by atoms with Gasteiger partial charge in [-0.15, -0.1) is 12.4 Å². The number of benzene rings is 2. The van der Waals surface area contributed by atoms with Gasteiger partial charge in [-0.3, -0.25) is 9.36 Å². The van der Waals surface area contributed by atoms with Gasteiger partial charge in [-0.1, -0.05) is 6.07 Å². The molecule has 1 heterocycles. The zero-order valence-electron chi connectivity index (χ0n) is 13.9. The molecule has 0 aliphatic carbocycles. The zero-order valence-corrected chi connectivity index (χ0v) is 14.7. The van der Waals surface area contributed by atoms with Crippen molar-refractivity contribution in [2.75, 3.05) is 12.4 Å². The number of alkyl halides is 3. The number of pyridine rings is 1. The van der Waals surface area contributed by atoms with Crippen molar-refractivity contribution >= 4 is 35.0 Å². The first-order valence-electron chi connectivity index (χ1n) is 7.51. The molecule has 0 aliphatic rings. The molecule has 3 rings (SSSR count). The normalized spacial score (nSPS) is 11.1. The van der Waals surface area contributed by atoms with E-state index in [-0.39, 0.29) is 29.0 Å². The van der Waals surface area contributed by atoms with Crippen LogP contribution in [0.3, 0.4) is 0 Å². The third-order valence-corrected chi connectivity index (χ3v) is 3.98. The van der Waals surface area contributed by atoms with Gasteiger partial charge in [0.05, 0.1) is 11.1 Å². The van der Waals surface area contributed by atoms with E-state index >= 15 is 0 Å². The number of carboxylic acid groups (broad SMARTS) is 1. The number of carboxylic acids is 1. The van der Waals surface area contributed by atoms with Crippen LogP contribution in [0.15, 0.2) is 53.3 Å². The number of nitrogens with one attached hydrogen (secondary N) is 1. The van der Waals surface area contributed by atoms with Gasteiger partial charge >= 0.3 is 12.1 Å². The minimum Gasteiger partial charge on any atom is -0.477 e. The van der Waals surface area contributed by atoms with Crippen molar-refractivity contribution < 1.29 is 23.1 Å². The van der Waals surface area contributed by atoms with Crippen LogP contribution in [0.25, 0.3) is 16.6 Å². The predicted octanol–water partition coefficient (Wildman–Crippen LogP) is 4.17. The molecular formula is C18H14ClF3N2O3. The first-order chi connectivity index (χ1) is 12.2. The summed E-state index contributed by atoms with van der Waals surface area (Å²) in [5.74, 6) is -1.45. The minimum absolute atomic E-state index is 0. The molecule has 0 spiro atoms. The fraction of sp³-hybridized carbons (Fsp3) is 0.111. The second-order valence-corrected chi connectivity index (χ2v) is 5.57. The summed E-state index contributed by atoms with van der Waals surface area (Å²) in [7, 11) is 1.69. The third kappa shape index (κ3) is 3.75. The number of carbonyl (C=O) groups is 1. The highest BCUT2D eigenvalue weighted by atomic mass is 35.5. The molecule has 5 nitrogen and oxygen atoms in total. The van der Waals surface area contributed by atoms with Gasteiger partial charge in [0.15, 0.2) is 0 Å². The van der Waals surface area contributed by atoms with Gasteiger partial charge < -0.3 is 10.4 Å². The summed E-state index contributed by atoms with van der Waals surface area (Å²) in [5, 5.41) is 12.4. The lowest BCUT2D eigenvalue weighted by molar-refractivity contribution is -0.137. The summed E-state index contributed by atoms with van der Waals surface area (Å²) in [4.78, 5) is 24.0. The van der Waals surface area contributed by atoms with Gasteiger partial charge in [0.25, 0.3) is 5.56 Å². The smallest absolute Gasteiger partial charge is 0.416 e. The Kier molecular flexibility index (Phi) is 5.51. The van der Waals surface area contributed by atoms with E-state index in [2.05, 4.69) is 5.32 Å². The minimum atomic E-state index is -4.59. The van der Waals surface area contributed by atoms with E-state index in [9.17, 15) is 27.9 Å². The summed E-state index contributed by atoms with van der Waals surface area (Å²) in [6, 6.07) is 10.3. The molecule has 142 valence electrons. The lowest BCUT2D eigenvalue weighted by Gasteiger charge is -2.14. The molecule has 2 N–H and O–H groups in total. The van der Waals surface area contributed by atoms with Gasteiger partial charge in [0.2, 0.25) is 0 Å². The van der Waals surface area contributed by atoms with Crippen molar-refractivity contribution in [1.29, 1.82) is 0 Å². The molecule has 1 aromatic heterocycles. The topological polar surface area (TPSA) is 71.3 Å². The maximum absolute atomic E-state index is 13.1.